The first-order valence-corrected chi connectivity index (χ1v) is 24.5. The van der Waals surface area contributed by atoms with Crippen molar-refractivity contribution in [2.75, 3.05) is 26.4 Å². The van der Waals surface area contributed by atoms with Gasteiger partial charge in [0.2, 0.25) is 0 Å². The van der Waals surface area contributed by atoms with E-state index in [1.165, 1.54) is 44.9 Å². The van der Waals surface area contributed by atoms with Crippen LogP contribution < -0.4 is 0 Å². The first-order chi connectivity index (χ1) is 32.0. The molecular weight excluding hydrogens is 853 g/mol. The third-order valence-corrected chi connectivity index (χ3v) is 11.2. The third-order valence-electron chi connectivity index (χ3n) is 11.2. The zero-order chi connectivity index (χ0) is 48.2. The van der Waals surface area contributed by atoms with Crippen LogP contribution in [0.5, 0.6) is 0 Å². The van der Waals surface area contributed by atoms with E-state index in [1.54, 1.807) is 0 Å². The monoisotopic (exact) mass is 937 g/mol. The van der Waals surface area contributed by atoms with E-state index in [4.69, 9.17) is 28.4 Å². The van der Waals surface area contributed by atoms with Crippen molar-refractivity contribution in [3.63, 3.8) is 0 Å². The van der Waals surface area contributed by atoms with Crippen molar-refractivity contribution in [3.05, 3.63) is 72.9 Å². The van der Waals surface area contributed by atoms with Crippen LogP contribution in [0.15, 0.2) is 72.9 Å². The number of allylic oxidation sites excluding steroid dienone is 12. The lowest BCUT2D eigenvalue weighted by molar-refractivity contribution is -0.332. The van der Waals surface area contributed by atoms with Crippen LogP contribution in [0.25, 0.3) is 0 Å². The van der Waals surface area contributed by atoms with Gasteiger partial charge >= 0.3 is 11.9 Å². The normalized spacial score (nSPS) is 26.8. The molecule has 0 amide bonds. The summed E-state index contributed by atoms with van der Waals surface area (Å²) in [5.41, 5.74) is 0. The van der Waals surface area contributed by atoms with E-state index >= 15 is 0 Å². The quantitative estimate of drug-likeness (QED) is 0.0209. The van der Waals surface area contributed by atoms with Gasteiger partial charge in [0.1, 0.15) is 55.4 Å². The first kappa shape index (κ1) is 59.1. The maximum Gasteiger partial charge on any atom is 0.306 e. The average Bonchev–Trinajstić information content (AvgIpc) is 3.31. The molecule has 2 saturated heterocycles. The zero-order valence-electron chi connectivity index (χ0n) is 39.6. The molecule has 4 unspecified atom stereocenters. The molecule has 66 heavy (non-hydrogen) atoms. The van der Waals surface area contributed by atoms with Crippen LogP contribution in [0, 0.1) is 0 Å². The van der Waals surface area contributed by atoms with E-state index in [2.05, 4.69) is 74.6 Å². The van der Waals surface area contributed by atoms with Gasteiger partial charge in [-0.3, -0.25) is 9.59 Å². The molecule has 2 aliphatic heterocycles. The smallest absolute Gasteiger partial charge is 0.306 e. The van der Waals surface area contributed by atoms with Crippen molar-refractivity contribution in [3.8, 4) is 0 Å². The van der Waals surface area contributed by atoms with Crippen molar-refractivity contribution in [1.82, 2.24) is 0 Å². The van der Waals surface area contributed by atoms with Gasteiger partial charge in [0.05, 0.1) is 19.8 Å². The summed E-state index contributed by atoms with van der Waals surface area (Å²) < 4.78 is 33.4. The highest BCUT2D eigenvalue weighted by atomic mass is 16.7. The van der Waals surface area contributed by atoms with E-state index in [1.807, 2.05) is 12.2 Å². The van der Waals surface area contributed by atoms with Gasteiger partial charge < -0.3 is 64.2 Å². The Morgan fingerprint density at radius 1 is 0.500 bits per heavy atom. The van der Waals surface area contributed by atoms with E-state index in [9.17, 15) is 45.3 Å². The number of unbranched alkanes of at least 4 members (excludes halogenated alkanes) is 10. The predicted octanol–water partition coefficient (Wildman–Crippen LogP) is 6.26. The van der Waals surface area contributed by atoms with Crippen LogP contribution in [-0.2, 0) is 38.0 Å². The standard InChI is InChI=1S/C51H84O15/c1-3-5-7-9-11-13-15-16-17-18-19-20-21-22-24-26-28-30-32-34-43(54)64-39(36-61-42(53)33-31-29-27-25-23-14-12-10-8-6-4-2)37-62-50-49(60)47(58)45(56)41(66-50)38-63-51-48(59)46(57)44(55)40(35-52)65-51/h5,7,11,13,16-17,19-20,22,24,28,30,39-41,44-52,55-60H,3-4,6,8-10,12,14-15,18,21,23,25-27,29,31-38H2,1-2H3/b7-5+,13-11+,17-16+,20-19+,24-22+,30-28+/t39-,40+,41+,44-,45-,46?,47?,48?,49?,50+,51+/m1/s1. The molecule has 2 fully saturated rings. The number of carbonyl (C=O) groups excluding carboxylic acids is 2. The summed E-state index contributed by atoms with van der Waals surface area (Å²) in [4.78, 5) is 25.6. The Kier molecular flexibility index (Phi) is 33.9. The van der Waals surface area contributed by atoms with Crippen LogP contribution in [0.1, 0.15) is 142 Å². The number of hydrogen-bond donors (Lipinski definition) is 7. The van der Waals surface area contributed by atoms with Crippen molar-refractivity contribution in [2.45, 2.75) is 210 Å². The number of ether oxygens (including phenoxy) is 6. The zero-order valence-corrected chi connectivity index (χ0v) is 39.6. The summed E-state index contributed by atoms with van der Waals surface area (Å²) in [6.45, 7) is 2.36. The van der Waals surface area contributed by atoms with E-state index in [0.717, 1.165) is 51.4 Å². The van der Waals surface area contributed by atoms with Gasteiger partial charge in [-0.25, -0.2) is 0 Å². The molecule has 0 aromatic rings. The molecule has 0 aliphatic carbocycles. The summed E-state index contributed by atoms with van der Waals surface area (Å²) in [6.07, 6.45) is 26.7. The minimum atomic E-state index is -1.78. The third kappa shape index (κ3) is 25.9. The van der Waals surface area contributed by atoms with Gasteiger partial charge in [0, 0.05) is 12.8 Å². The Bertz CT molecular complexity index is 1430. The molecule has 0 saturated carbocycles. The summed E-state index contributed by atoms with van der Waals surface area (Å²) in [5.74, 6) is -1.03. The highest BCUT2D eigenvalue weighted by molar-refractivity contribution is 5.70. The Hall–Kier alpha value is -3.06. The number of rotatable bonds is 36. The Morgan fingerprint density at radius 3 is 1.47 bits per heavy atom. The number of aliphatic hydroxyl groups is 7. The van der Waals surface area contributed by atoms with Crippen molar-refractivity contribution in [2.24, 2.45) is 0 Å². The van der Waals surface area contributed by atoms with Crippen LogP contribution >= 0.6 is 0 Å². The van der Waals surface area contributed by atoms with Gasteiger partial charge in [0.15, 0.2) is 18.7 Å². The fraction of sp³-hybridized carbons (Fsp3) is 0.725. The number of esters is 2. The number of aliphatic hydroxyl groups excluding tert-OH is 7. The Morgan fingerprint density at radius 2 is 0.955 bits per heavy atom. The molecule has 2 heterocycles. The molecule has 378 valence electrons. The highest BCUT2D eigenvalue weighted by Crippen LogP contribution is 2.26. The van der Waals surface area contributed by atoms with Crippen molar-refractivity contribution >= 4 is 11.9 Å². The lowest BCUT2D eigenvalue weighted by atomic mass is 9.98. The molecule has 7 N–H and O–H groups in total. The molecule has 0 aromatic heterocycles. The second-order valence-corrected chi connectivity index (χ2v) is 16.9. The molecule has 2 aliphatic rings. The second-order valence-electron chi connectivity index (χ2n) is 16.9. The summed E-state index contributed by atoms with van der Waals surface area (Å²) in [6, 6.07) is 0. The van der Waals surface area contributed by atoms with Crippen LogP contribution in [0.2, 0.25) is 0 Å². The second kappa shape index (κ2) is 37.9. The summed E-state index contributed by atoms with van der Waals surface area (Å²) in [5, 5.41) is 72.0. The molecule has 0 spiro atoms. The van der Waals surface area contributed by atoms with Crippen molar-refractivity contribution in [1.29, 1.82) is 0 Å². The molecule has 0 radical (unpaired) electrons. The number of carbonyl (C=O) groups is 2. The molecule has 0 bridgehead atoms. The van der Waals surface area contributed by atoms with Gasteiger partial charge in [-0.15, -0.1) is 0 Å². The Balaban J connectivity index is 1.86. The van der Waals surface area contributed by atoms with Gasteiger partial charge in [-0.2, -0.15) is 0 Å². The minimum Gasteiger partial charge on any atom is -0.462 e. The molecule has 0 aromatic carbocycles. The van der Waals surface area contributed by atoms with E-state index in [0.29, 0.717) is 19.3 Å². The lowest BCUT2D eigenvalue weighted by Gasteiger charge is -2.42. The maximum atomic E-state index is 12.9. The molecule has 15 nitrogen and oxygen atoms in total. The molecule has 15 heteroatoms. The number of hydrogen-bond acceptors (Lipinski definition) is 15. The predicted molar refractivity (Wildman–Crippen MR) is 252 cm³/mol. The summed E-state index contributed by atoms with van der Waals surface area (Å²) in [7, 11) is 0. The summed E-state index contributed by atoms with van der Waals surface area (Å²) >= 11 is 0. The Labute approximate surface area is 393 Å². The van der Waals surface area contributed by atoms with Gasteiger partial charge in [0.25, 0.3) is 0 Å². The molecule has 11 atom stereocenters. The van der Waals surface area contributed by atoms with Crippen LogP contribution in [-0.4, -0.2) is 142 Å². The van der Waals surface area contributed by atoms with Crippen LogP contribution in [0.3, 0.4) is 0 Å². The first-order valence-electron chi connectivity index (χ1n) is 24.5. The molecule has 2 rings (SSSR count). The van der Waals surface area contributed by atoms with Gasteiger partial charge in [-0.05, 0) is 51.4 Å². The largest absolute Gasteiger partial charge is 0.462 e. The van der Waals surface area contributed by atoms with Gasteiger partial charge in [-0.1, -0.05) is 151 Å². The lowest BCUT2D eigenvalue weighted by Crippen LogP contribution is -2.61. The fourth-order valence-corrected chi connectivity index (χ4v) is 7.18. The SMILES string of the molecule is CC/C=C/C/C=C/C/C=C/C/C=C/C/C=C/C/C=C/CCC(=O)O[C@H](COC(=O)CCCCCCCCCCCCC)CO[C@H]1O[C@@H](CO[C@H]2O[C@@H](CO)[C@@H](O)C(O)C2O)[C@@H](O)C(O)C1O. The topological polar surface area (TPSA) is 231 Å². The van der Waals surface area contributed by atoms with E-state index in [-0.39, 0.29) is 19.4 Å². The average molecular weight is 937 g/mol. The minimum absolute atomic E-state index is 0.0379. The van der Waals surface area contributed by atoms with Crippen molar-refractivity contribution < 1.29 is 73.8 Å². The molecular formula is C51H84O15. The highest BCUT2D eigenvalue weighted by Gasteiger charge is 2.47. The van der Waals surface area contributed by atoms with E-state index < -0.39 is 99.3 Å². The fourth-order valence-electron chi connectivity index (χ4n) is 7.18. The van der Waals surface area contributed by atoms with Crippen LogP contribution in [0.4, 0.5) is 0 Å². The maximum absolute atomic E-state index is 12.9.